The lowest BCUT2D eigenvalue weighted by Gasteiger charge is -2.22. The Morgan fingerprint density at radius 3 is 2.95 bits per heavy atom. The molecule has 6 nitrogen and oxygen atoms in total. The minimum absolute atomic E-state index is 0. The largest absolute Gasteiger partial charge is 0.478 e. The van der Waals surface area contributed by atoms with Crippen molar-refractivity contribution in [2.75, 3.05) is 19.7 Å². The molecule has 1 aliphatic rings. The van der Waals surface area contributed by atoms with E-state index in [1.54, 1.807) is 6.07 Å². The van der Waals surface area contributed by atoms with Gasteiger partial charge in [-0.2, -0.15) is 0 Å². The summed E-state index contributed by atoms with van der Waals surface area (Å²) in [4.78, 5) is 13.9. The first-order valence-corrected chi connectivity index (χ1v) is 6.69. The third-order valence-electron chi connectivity index (χ3n) is 3.34. The number of halogens is 1. The molecule has 2 rings (SSSR count). The van der Waals surface area contributed by atoms with Crippen LogP contribution in [0.4, 0.5) is 5.69 Å². The summed E-state index contributed by atoms with van der Waals surface area (Å²) in [5.74, 6) is 1.20. The predicted octanol–water partition coefficient (Wildman–Crippen LogP) is 2.57. The van der Waals surface area contributed by atoms with Crippen LogP contribution in [0.25, 0.3) is 0 Å². The third kappa shape index (κ3) is 5.30. The molecule has 1 unspecified atom stereocenters. The summed E-state index contributed by atoms with van der Waals surface area (Å²) < 4.78 is 5.48. The summed E-state index contributed by atoms with van der Waals surface area (Å²) in [6, 6.07) is 2.95. The average Bonchev–Trinajstić information content (AvgIpc) is 2.45. The molecule has 0 radical (unpaired) electrons. The van der Waals surface area contributed by atoms with Crippen molar-refractivity contribution in [1.29, 1.82) is 0 Å². The number of ether oxygens (including phenoxy) is 1. The molecule has 0 saturated carbocycles. The zero-order chi connectivity index (χ0) is 13.5. The van der Waals surface area contributed by atoms with Gasteiger partial charge in [0.05, 0.1) is 11.5 Å². The first-order chi connectivity index (χ1) is 9.25. The topological polar surface area (TPSA) is 77.3 Å². The molecule has 20 heavy (non-hydrogen) atoms. The molecule has 0 bridgehead atoms. The number of nitrogens with zero attached hydrogens (tertiary/aromatic N) is 2. The van der Waals surface area contributed by atoms with Crippen molar-refractivity contribution in [2.45, 2.75) is 25.7 Å². The lowest BCUT2D eigenvalue weighted by Crippen LogP contribution is -2.29. The highest BCUT2D eigenvalue weighted by Crippen LogP contribution is 2.17. The summed E-state index contributed by atoms with van der Waals surface area (Å²) in [6.45, 7) is 2.86. The van der Waals surface area contributed by atoms with Gasteiger partial charge in [0.15, 0.2) is 0 Å². The summed E-state index contributed by atoms with van der Waals surface area (Å²) in [7, 11) is 0. The Bertz CT molecular complexity index is 408. The Morgan fingerprint density at radius 1 is 1.50 bits per heavy atom. The van der Waals surface area contributed by atoms with Gasteiger partial charge in [-0.05, 0) is 44.7 Å². The second kappa shape index (κ2) is 8.71. The normalized spacial score (nSPS) is 18.1. The van der Waals surface area contributed by atoms with Gasteiger partial charge in [-0.25, -0.2) is 4.98 Å². The van der Waals surface area contributed by atoms with E-state index in [4.69, 9.17) is 4.74 Å². The number of nitro groups is 1. The Hall–Kier alpha value is -1.40. The summed E-state index contributed by atoms with van der Waals surface area (Å²) in [6.07, 6.45) is 5.92. The molecule has 1 atom stereocenters. The minimum atomic E-state index is -0.465. The minimum Gasteiger partial charge on any atom is -0.478 e. The Labute approximate surface area is 124 Å². The van der Waals surface area contributed by atoms with Crippen LogP contribution in [-0.4, -0.2) is 29.6 Å². The fourth-order valence-electron chi connectivity index (χ4n) is 2.29. The Kier molecular flexibility index (Phi) is 7.25. The van der Waals surface area contributed by atoms with Crippen LogP contribution in [0.5, 0.6) is 5.88 Å². The molecule has 1 aromatic heterocycles. The van der Waals surface area contributed by atoms with Crippen molar-refractivity contribution in [3.05, 3.63) is 28.4 Å². The van der Waals surface area contributed by atoms with Gasteiger partial charge in [-0.3, -0.25) is 10.1 Å². The van der Waals surface area contributed by atoms with E-state index in [0.29, 0.717) is 12.5 Å². The van der Waals surface area contributed by atoms with Crippen LogP contribution >= 0.6 is 12.4 Å². The first-order valence-electron chi connectivity index (χ1n) is 6.69. The fourth-order valence-corrected chi connectivity index (χ4v) is 2.29. The Morgan fingerprint density at radius 2 is 2.35 bits per heavy atom. The second-order valence-electron chi connectivity index (χ2n) is 4.81. The van der Waals surface area contributed by atoms with Gasteiger partial charge >= 0.3 is 0 Å². The average molecular weight is 302 g/mol. The highest BCUT2D eigenvalue weighted by Gasteiger charge is 2.12. The number of piperidine rings is 1. The van der Waals surface area contributed by atoms with Crippen molar-refractivity contribution in [3.8, 4) is 5.88 Å². The molecule has 0 aliphatic carbocycles. The molecule has 1 saturated heterocycles. The van der Waals surface area contributed by atoms with Gasteiger partial charge in [0.25, 0.3) is 5.69 Å². The quantitative estimate of drug-likeness (QED) is 0.496. The lowest BCUT2D eigenvalue weighted by atomic mass is 9.95. The summed E-state index contributed by atoms with van der Waals surface area (Å²) in [5, 5.41) is 13.9. The SMILES string of the molecule is Cl.O=[N+]([O-])c1ccc(OCCCC2CCCNC2)nc1. The van der Waals surface area contributed by atoms with Crippen molar-refractivity contribution >= 4 is 18.1 Å². The molecule has 0 aromatic carbocycles. The molecule has 0 amide bonds. The van der Waals surface area contributed by atoms with Crippen LogP contribution in [0.1, 0.15) is 25.7 Å². The smallest absolute Gasteiger partial charge is 0.287 e. The maximum absolute atomic E-state index is 10.5. The van der Waals surface area contributed by atoms with Gasteiger partial charge in [0, 0.05) is 12.1 Å². The molecule has 1 aromatic rings. The maximum atomic E-state index is 10.5. The predicted molar refractivity (Wildman–Crippen MR) is 78.5 cm³/mol. The van der Waals surface area contributed by atoms with Crippen molar-refractivity contribution in [1.82, 2.24) is 10.3 Å². The van der Waals surface area contributed by atoms with E-state index in [1.165, 1.54) is 25.1 Å². The third-order valence-corrected chi connectivity index (χ3v) is 3.34. The number of rotatable bonds is 6. The van der Waals surface area contributed by atoms with Crippen LogP contribution in [0.15, 0.2) is 18.3 Å². The van der Waals surface area contributed by atoms with E-state index >= 15 is 0 Å². The van der Waals surface area contributed by atoms with Gasteiger partial charge in [-0.1, -0.05) is 0 Å². The van der Waals surface area contributed by atoms with Crippen molar-refractivity contribution in [3.63, 3.8) is 0 Å². The van der Waals surface area contributed by atoms with Gasteiger partial charge in [0.1, 0.15) is 6.20 Å². The van der Waals surface area contributed by atoms with Gasteiger partial charge < -0.3 is 10.1 Å². The van der Waals surface area contributed by atoms with Crippen LogP contribution in [0, 0.1) is 16.0 Å². The molecule has 0 spiro atoms. The lowest BCUT2D eigenvalue weighted by molar-refractivity contribution is -0.385. The van der Waals surface area contributed by atoms with Crippen LogP contribution in [0.2, 0.25) is 0 Å². The van der Waals surface area contributed by atoms with E-state index in [1.807, 2.05) is 0 Å². The monoisotopic (exact) mass is 301 g/mol. The number of hydrogen-bond donors (Lipinski definition) is 1. The summed E-state index contributed by atoms with van der Waals surface area (Å²) in [5.41, 5.74) is -0.0133. The number of aromatic nitrogens is 1. The zero-order valence-corrected chi connectivity index (χ0v) is 12.1. The van der Waals surface area contributed by atoms with Crippen molar-refractivity contribution in [2.24, 2.45) is 5.92 Å². The molecular weight excluding hydrogens is 282 g/mol. The van der Waals surface area contributed by atoms with E-state index in [9.17, 15) is 10.1 Å². The van der Waals surface area contributed by atoms with E-state index in [-0.39, 0.29) is 18.1 Å². The number of pyridine rings is 1. The highest BCUT2D eigenvalue weighted by atomic mass is 35.5. The molecular formula is C13H20ClN3O3. The van der Waals surface area contributed by atoms with Crippen molar-refractivity contribution < 1.29 is 9.66 Å². The number of hydrogen-bond acceptors (Lipinski definition) is 5. The van der Waals surface area contributed by atoms with E-state index < -0.39 is 4.92 Å². The fraction of sp³-hybridized carbons (Fsp3) is 0.615. The van der Waals surface area contributed by atoms with Crippen LogP contribution < -0.4 is 10.1 Å². The molecule has 112 valence electrons. The molecule has 1 fully saturated rings. The standard InChI is InChI=1S/C13H19N3O3.ClH/c17-16(18)12-5-6-13(15-10-12)19-8-2-4-11-3-1-7-14-9-11;/h5-6,10-11,14H,1-4,7-9H2;1H. The van der Waals surface area contributed by atoms with Gasteiger partial charge in [-0.15, -0.1) is 12.4 Å². The molecule has 2 heterocycles. The molecule has 7 heteroatoms. The first kappa shape index (κ1) is 16.7. The molecule has 1 aliphatic heterocycles. The van der Waals surface area contributed by atoms with E-state index in [2.05, 4.69) is 10.3 Å². The van der Waals surface area contributed by atoms with Crippen LogP contribution in [-0.2, 0) is 0 Å². The Balaban J connectivity index is 0.00000200. The highest BCUT2D eigenvalue weighted by molar-refractivity contribution is 5.85. The second-order valence-corrected chi connectivity index (χ2v) is 4.81. The zero-order valence-electron chi connectivity index (χ0n) is 11.3. The number of nitrogens with one attached hydrogen (secondary N) is 1. The maximum Gasteiger partial charge on any atom is 0.287 e. The van der Waals surface area contributed by atoms with Gasteiger partial charge in [0.2, 0.25) is 5.88 Å². The van der Waals surface area contributed by atoms with Crippen LogP contribution in [0.3, 0.4) is 0 Å². The summed E-state index contributed by atoms with van der Waals surface area (Å²) >= 11 is 0. The van der Waals surface area contributed by atoms with E-state index in [0.717, 1.165) is 31.8 Å². The molecule has 1 N–H and O–H groups in total.